The van der Waals surface area contributed by atoms with Crippen LogP contribution in [0.3, 0.4) is 0 Å². The summed E-state index contributed by atoms with van der Waals surface area (Å²) in [5, 5.41) is 13.9. The number of nitrogens with zero attached hydrogens (tertiary/aromatic N) is 6. The molecule has 5 aromatic rings. The van der Waals surface area contributed by atoms with Crippen LogP contribution in [0.2, 0.25) is 5.02 Å². The van der Waals surface area contributed by atoms with E-state index < -0.39 is 0 Å². The van der Waals surface area contributed by atoms with Gasteiger partial charge in [-0.25, -0.2) is 14.3 Å². The van der Waals surface area contributed by atoms with Crippen LogP contribution in [0.5, 0.6) is 0 Å². The van der Waals surface area contributed by atoms with Gasteiger partial charge < -0.3 is 0 Å². The number of fused-ring (bicyclic) bond motifs is 1. The van der Waals surface area contributed by atoms with Crippen LogP contribution in [0.25, 0.3) is 11.0 Å². The molecule has 148 valence electrons. The Morgan fingerprint density at radius 1 is 0.867 bits per heavy atom. The molecule has 30 heavy (non-hydrogen) atoms. The van der Waals surface area contributed by atoms with Crippen molar-refractivity contribution >= 4 is 22.6 Å². The fraction of sp³-hybridized carbons (Fsp3) is 0.130. The Labute approximate surface area is 178 Å². The molecule has 0 aliphatic carbocycles. The van der Waals surface area contributed by atoms with Crippen LogP contribution in [0, 0.1) is 0 Å². The van der Waals surface area contributed by atoms with E-state index in [0.29, 0.717) is 5.02 Å². The molecule has 0 bridgehead atoms. The molecule has 5 rings (SSSR count). The van der Waals surface area contributed by atoms with Gasteiger partial charge in [-0.3, -0.25) is 0 Å². The van der Waals surface area contributed by atoms with E-state index in [-0.39, 0.29) is 12.1 Å². The minimum atomic E-state index is -0.135. The number of hydrogen-bond acceptors (Lipinski definition) is 4. The predicted molar refractivity (Wildman–Crippen MR) is 116 cm³/mol. The van der Waals surface area contributed by atoms with Crippen LogP contribution < -0.4 is 0 Å². The van der Waals surface area contributed by atoms with Gasteiger partial charge in [0, 0.05) is 5.02 Å². The molecule has 2 atom stereocenters. The van der Waals surface area contributed by atoms with E-state index in [9.17, 15) is 0 Å². The Hall–Kier alpha value is -3.51. The second-order valence-electron chi connectivity index (χ2n) is 7.20. The van der Waals surface area contributed by atoms with Gasteiger partial charge in [0.2, 0.25) is 0 Å². The SMILES string of the molecule is CC(c1ccccc1)n1nnc2ccc(C(c3ccc(Cl)cc3)n3cncn3)cc21. The van der Waals surface area contributed by atoms with Gasteiger partial charge in [-0.15, -0.1) is 5.10 Å². The maximum atomic E-state index is 6.11. The first-order chi connectivity index (χ1) is 14.7. The quantitative estimate of drug-likeness (QED) is 0.409. The van der Waals surface area contributed by atoms with Crippen LogP contribution >= 0.6 is 11.6 Å². The number of aromatic nitrogens is 6. The van der Waals surface area contributed by atoms with Gasteiger partial charge in [0.05, 0.1) is 11.6 Å². The molecule has 0 spiro atoms. The summed E-state index contributed by atoms with van der Waals surface area (Å²) >= 11 is 6.11. The van der Waals surface area contributed by atoms with E-state index in [1.54, 1.807) is 12.7 Å². The topological polar surface area (TPSA) is 61.4 Å². The molecule has 0 fully saturated rings. The highest BCUT2D eigenvalue weighted by atomic mass is 35.5. The van der Waals surface area contributed by atoms with Crippen molar-refractivity contribution in [3.05, 3.63) is 107 Å². The second-order valence-corrected chi connectivity index (χ2v) is 7.63. The van der Waals surface area contributed by atoms with Crippen LogP contribution in [-0.2, 0) is 0 Å². The highest BCUT2D eigenvalue weighted by Crippen LogP contribution is 2.30. The molecule has 0 aliphatic heterocycles. The van der Waals surface area contributed by atoms with Crippen LogP contribution in [-0.4, -0.2) is 29.8 Å². The van der Waals surface area contributed by atoms with E-state index in [1.165, 1.54) is 5.56 Å². The van der Waals surface area contributed by atoms with E-state index in [1.807, 2.05) is 57.9 Å². The van der Waals surface area contributed by atoms with Gasteiger partial charge in [-0.2, -0.15) is 5.10 Å². The van der Waals surface area contributed by atoms with Crippen LogP contribution in [0.4, 0.5) is 0 Å². The zero-order chi connectivity index (χ0) is 20.5. The van der Waals surface area contributed by atoms with E-state index in [0.717, 1.165) is 22.2 Å². The predicted octanol–water partition coefficient (Wildman–Crippen LogP) is 4.92. The van der Waals surface area contributed by atoms with Crippen molar-refractivity contribution in [3.63, 3.8) is 0 Å². The highest BCUT2D eigenvalue weighted by Gasteiger charge is 2.20. The fourth-order valence-electron chi connectivity index (χ4n) is 3.78. The first kappa shape index (κ1) is 18.5. The summed E-state index contributed by atoms with van der Waals surface area (Å²) in [5.41, 5.74) is 5.15. The molecule has 0 saturated carbocycles. The molecule has 0 radical (unpaired) electrons. The lowest BCUT2D eigenvalue weighted by atomic mass is 9.98. The van der Waals surface area contributed by atoms with Crippen LogP contribution in [0.15, 0.2) is 85.5 Å². The minimum Gasteiger partial charge on any atom is -0.241 e. The standard InChI is InChI=1S/C23H19ClN6/c1-16(17-5-3-2-4-6-17)30-22-13-19(9-12-21(22)27-28-30)23(29-15-25-14-26-29)18-7-10-20(24)11-8-18/h2-16,23H,1H3. The number of halogens is 1. The lowest BCUT2D eigenvalue weighted by Crippen LogP contribution is -2.13. The molecule has 7 heteroatoms. The monoisotopic (exact) mass is 414 g/mol. The third-order valence-corrected chi connectivity index (χ3v) is 5.60. The average Bonchev–Trinajstić information content (AvgIpc) is 3.45. The largest absolute Gasteiger partial charge is 0.241 e. The number of benzene rings is 3. The Balaban J connectivity index is 1.63. The first-order valence-electron chi connectivity index (χ1n) is 9.70. The summed E-state index contributed by atoms with van der Waals surface area (Å²) in [7, 11) is 0. The Morgan fingerprint density at radius 3 is 2.37 bits per heavy atom. The van der Waals surface area contributed by atoms with Gasteiger partial charge in [0.25, 0.3) is 0 Å². The van der Waals surface area contributed by atoms with Gasteiger partial charge in [0.15, 0.2) is 0 Å². The zero-order valence-electron chi connectivity index (χ0n) is 16.3. The molecule has 0 saturated heterocycles. The molecular weight excluding hydrogens is 396 g/mol. The van der Waals surface area contributed by atoms with Gasteiger partial charge in [-0.05, 0) is 47.9 Å². The maximum absolute atomic E-state index is 6.11. The molecule has 0 N–H and O–H groups in total. The smallest absolute Gasteiger partial charge is 0.137 e. The Morgan fingerprint density at radius 2 is 1.63 bits per heavy atom. The third kappa shape index (κ3) is 3.35. The summed E-state index contributed by atoms with van der Waals surface area (Å²) in [6.07, 6.45) is 3.27. The van der Waals surface area contributed by atoms with Crippen molar-refractivity contribution in [2.24, 2.45) is 0 Å². The van der Waals surface area contributed by atoms with Crippen molar-refractivity contribution in [3.8, 4) is 0 Å². The van der Waals surface area contributed by atoms with Gasteiger partial charge in [-0.1, -0.05) is 65.3 Å². The molecule has 2 unspecified atom stereocenters. The molecule has 3 aromatic carbocycles. The minimum absolute atomic E-state index is 0.0619. The van der Waals surface area contributed by atoms with Crippen molar-refractivity contribution < 1.29 is 0 Å². The van der Waals surface area contributed by atoms with Crippen LogP contribution in [0.1, 0.15) is 35.7 Å². The van der Waals surface area contributed by atoms with Gasteiger partial charge >= 0.3 is 0 Å². The Kier molecular flexibility index (Phi) is 4.77. The lowest BCUT2D eigenvalue weighted by molar-refractivity contribution is 0.559. The first-order valence-corrected chi connectivity index (χ1v) is 10.1. The summed E-state index contributed by atoms with van der Waals surface area (Å²) < 4.78 is 3.81. The normalized spacial score (nSPS) is 13.4. The van der Waals surface area contributed by atoms with Crippen molar-refractivity contribution in [2.75, 3.05) is 0 Å². The number of rotatable bonds is 5. The number of hydrogen-bond donors (Lipinski definition) is 0. The highest BCUT2D eigenvalue weighted by molar-refractivity contribution is 6.30. The van der Waals surface area contributed by atoms with Crippen molar-refractivity contribution in [1.29, 1.82) is 0 Å². The molecule has 2 aromatic heterocycles. The second kappa shape index (κ2) is 7.72. The van der Waals surface area contributed by atoms with E-state index in [4.69, 9.17) is 11.6 Å². The summed E-state index contributed by atoms with van der Waals surface area (Å²) in [4.78, 5) is 4.15. The van der Waals surface area contributed by atoms with E-state index >= 15 is 0 Å². The summed E-state index contributed by atoms with van der Waals surface area (Å²) in [5.74, 6) is 0. The molecule has 0 amide bonds. The van der Waals surface area contributed by atoms with E-state index in [2.05, 4.69) is 51.6 Å². The summed E-state index contributed by atoms with van der Waals surface area (Å²) in [6.45, 7) is 2.13. The molecular formula is C23H19ClN6. The van der Waals surface area contributed by atoms with Gasteiger partial charge in [0.1, 0.15) is 24.2 Å². The third-order valence-electron chi connectivity index (χ3n) is 5.35. The lowest BCUT2D eigenvalue weighted by Gasteiger charge is -2.19. The fourth-order valence-corrected chi connectivity index (χ4v) is 3.90. The molecule has 0 aliphatic rings. The Bertz CT molecular complexity index is 1260. The molecule has 6 nitrogen and oxygen atoms in total. The maximum Gasteiger partial charge on any atom is 0.137 e. The summed E-state index contributed by atoms with van der Waals surface area (Å²) in [6, 6.07) is 24.3. The zero-order valence-corrected chi connectivity index (χ0v) is 17.1. The van der Waals surface area contributed by atoms with Crippen molar-refractivity contribution in [2.45, 2.75) is 19.0 Å². The van der Waals surface area contributed by atoms with Crippen molar-refractivity contribution in [1.82, 2.24) is 29.8 Å². The molecule has 2 heterocycles. The average molecular weight is 415 g/mol.